The van der Waals surface area contributed by atoms with E-state index in [1.165, 1.54) is 0 Å². The number of hydrogen-bond acceptors (Lipinski definition) is 4. The van der Waals surface area contributed by atoms with Crippen molar-refractivity contribution in [1.29, 1.82) is 0 Å². The number of aliphatic imine (C=N–C) groups is 1. The summed E-state index contributed by atoms with van der Waals surface area (Å²) in [6.07, 6.45) is 1.97. The lowest BCUT2D eigenvalue weighted by Crippen LogP contribution is -2.04. The third-order valence-corrected chi connectivity index (χ3v) is 2.73. The molecule has 1 N–H and O–H groups in total. The van der Waals surface area contributed by atoms with Gasteiger partial charge in [0, 0.05) is 19.0 Å². The fraction of sp³-hybridized carbons (Fsp3) is 0.500. The van der Waals surface area contributed by atoms with Crippen LogP contribution in [0.3, 0.4) is 0 Å². The molecule has 0 spiro atoms. The number of nitrogens with one attached hydrogen (secondary N) is 1. The summed E-state index contributed by atoms with van der Waals surface area (Å²) in [4.78, 5) is 4.31. The highest BCUT2D eigenvalue weighted by Crippen LogP contribution is 2.17. The average molecular weight is 196 g/mol. The van der Waals surface area contributed by atoms with Crippen molar-refractivity contribution in [3.05, 3.63) is 11.9 Å². The van der Waals surface area contributed by atoms with Gasteiger partial charge in [0.25, 0.3) is 0 Å². The maximum Gasteiger partial charge on any atom is 0.161 e. The van der Waals surface area contributed by atoms with Crippen molar-refractivity contribution >= 4 is 22.6 Å². The van der Waals surface area contributed by atoms with Gasteiger partial charge in [-0.15, -0.1) is 0 Å². The van der Waals surface area contributed by atoms with Gasteiger partial charge >= 0.3 is 0 Å². The smallest absolute Gasteiger partial charge is 0.161 e. The fourth-order valence-corrected chi connectivity index (χ4v) is 1.99. The molecule has 2 rings (SSSR count). The maximum atomic E-state index is 4.31. The molecule has 1 aromatic rings. The van der Waals surface area contributed by atoms with E-state index in [9.17, 15) is 0 Å². The Labute approximate surface area is 81.4 Å². The number of hydrogen-bond donors (Lipinski definition) is 1. The summed E-state index contributed by atoms with van der Waals surface area (Å²) in [5.41, 5.74) is 2.06. The molecule has 1 aliphatic rings. The minimum Gasteiger partial charge on any atom is -0.332 e. The van der Waals surface area contributed by atoms with Crippen LogP contribution in [0.2, 0.25) is 0 Å². The fourth-order valence-electron chi connectivity index (χ4n) is 1.25. The Morgan fingerprint density at radius 3 is 3.00 bits per heavy atom. The van der Waals surface area contributed by atoms with E-state index in [-0.39, 0.29) is 0 Å². The molecule has 0 radical (unpaired) electrons. The van der Waals surface area contributed by atoms with Crippen LogP contribution in [0.1, 0.15) is 5.69 Å². The van der Waals surface area contributed by atoms with Crippen molar-refractivity contribution in [3.8, 4) is 0 Å². The molecule has 2 heterocycles. The quantitative estimate of drug-likeness (QED) is 0.735. The first kappa shape index (κ1) is 8.62. The van der Waals surface area contributed by atoms with Crippen LogP contribution in [0.25, 0.3) is 0 Å². The summed E-state index contributed by atoms with van der Waals surface area (Å²) in [7, 11) is 1.92. The van der Waals surface area contributed by atoms with Crippen molar-refractivity contribution < 1.29 is 0 Å². The van der Waals surface area contributed by atoms with E-state index in [0.717, 1.165) is 28.8 Å². The number of thioether (sulfide) groups is 1. The van der Waals surface area contributed by atoms with Gasteiger partial charge in [0.1, 0.15) is 0 Å². The second-order valence-electron chi connectivity index (χ2n) is 2.96. The van der Waals surface area contributed by atoms with E-state index in [1.807, 2.05) is 20.2 Å². The van der Waals surface area contributed by atoms with Gasteiger partial charge in [0.05, 0.1) is 17.9 Å². The van der Waals surface area contributed by atoms with Crippen molar-refractivity contribution in [1.82, 2.24) is 9.78 Å². The molecule has 0 amide bonds. The molecule has 0 aromatic carbocycles. The molecular weight excluding hydrogens is 184 g/mol. The monoisotopic (exact) mass is 196 g/mol. The van der Waals surface area contributed by atoms with Crippen molar-refractivity contribution in [2.24, 2.45) is 12.0 Å². The van der Waals surface area contributed by atoms with Crippen LogP contribution in [0.5, 0.6) is 0 Å². The molecule has 0 atom stereocenters. The van der Waals surface area contributed by atoms with Crippen LogP contribution >= 0.6 is 11.8 Å². The Hall–Kier alpha value is -0.970. The van der Waals surface area contributed by atoms with E-state index in [4.69, 9.17) is 0 Å². The van der Waals surface area contributed by atoms with Crippen LogP contribution in [-0.2, 0) is 7.05 Å². The summed E-state index contributed by atoms with van der Waals surface area (Å²) in [5.74, 6) is 1.08. The highest BCUT2D eigenvalue weighted by atomic mass is 32.2. The van der Waals surface area contributed by atoms with Crippen molar-refractivity contribution in [2.45, 2.75) is 6.92 Å². The highest BCUT2D eigenvalue weighted by Gasteiger charge is 2.09. The van der Waals surface area contributed by atoms with E-state index in [1.54, 1.807) is 16.4 Å². The molecule has 1 aromatic heterocycles. The third-order valence-electron chi connectivity index (χ3n) is 1.84. The Morgan fingerprint density at radius 1 is 1.62 bits per heavy atom. The van der Waals surface area contributed by atoms with E-state index >= 15 is 0 Å². The largest absolute Gasteiger partial charge is 0.332 e. The molecule has 70 valence electrons. The second kappa shape index (κ2) is 3.41. The van der Waals surface area contributed by atoms with E-state index < -0.39 is 0 Å². The first-order valence-corrected chi connectivity index (χ1v) is 5.19. The zero-order chi connectivity index (χ0) is 9.26. The van der Waals surface area contributed by atoms with Crippen LogP contribution in [0.15, 0.2) is 11.2 Å². The van der Waals surface area contributed by atoms with Crippen LogP contribution in [0, 0.1) is 6.92 Å². The Morgan fingerprint density at radius 2 is 2.46 bits per heavy atom. The van der Waals surface area contributed by atoms with Gasteiger partial charge in [-0.25, -0.2) is 0 Å². The normalized spacial score (nSPS) is 16.0. The molecule has 0 saturated heterocycles. The van der Waals surface area contributed by atoms with Gasteiger partial charge in [0.15, 0.2) is 5.17 Å². The van der Waals surface area contributed by atoms with Crippen LogP contribution in [-0.4, -0.2) is 27.2 Å². The number of anilines is 1. The first-order chi connectivity index (χ1) is 6.25. The third kappa shape index (κ3) is 1.85. The molecule has 0 fully saturated rings. The highest BCUT2D eigenvalue weighted by molar-refractivity contribution is 8.14. The van der Waals surface area contributed by atoms with Gasteiger partial charge in [-0.2, -0.15) is 5.10 Å². The van der Waals surface area contributed by atoms with Gasteiger partial charge in [-0.3, -0.25) is 9.67 Å². The lowest BCUT2D eigenvalue weighted by molar-refractivity contribution is 0.756. The predicted octanol–water partition coefficient (Wildman–Crippen LogP) is 1.24. The van der Waals surface area contributed by atoms with Gasteiger partial charge in [-0.1, -0.05) is 11.8 Å². The minimum absolute atomic E-state index is 0.923. The van der Waals surface area contributed by atoms with Gasteiger partial charge < -0.3 is 5.32 Å². The number of nitrogens with zero attached hydrogens (tertiary/aromatic N) is 3. The molecule has 0 aliphatic carbocycles. The average Bonchev–Trinajstić information content (AvgIpc) is 2.63. The lowest BCUT2D eigenvalue weighted by Gasteiger charge is -2.01. The lowest BCUT2D eigenvalue weighted by atomic mass is 10.4. The summed E-state index contributed by atoms with van der Waals surface area (Å²) >= 11 is 1.76. The standard InChI is InChI=1S/C8H12N4S/c1-6-7(5-12(2)11-6)10-8-9-3-4-13-8/h5H,3-4H2,1-2H3,(H,9,10). The zero-order valence-corrected chi connectivity index (χ0v) is 8.56. The number of amidine groups is 1. The van der Waals surface area contributed by atoms with Crippen LogP contribution < -0.4 is 5.32 Å². The zero-order valence-electron chi connectivity index (χ0n) is 7.74. The van der Waals surface area contributed by atoms with Gasteiger partial charge in [-0.05, 0) is 6.92 Å². The Balaban J connectivity index is 2.12. The number of rotatable bonds is 1. The minimum atomic E-state index is 0.923. The predicted molar refractivity (Wildman–Crippen MR) is 56.3 cm³/mol. The Bertz CT molecular complexity index is 342. The maximum absolute atomic E-state index is 4.31. The molecular formula is C8H12N4S. The first-order valence-electron chi connectivity index (χ1n) is 4.20. The SMILES string of the molecule is Cc1nn(C)cc1NC1=NCCS1. The van der Waals surface area contributed by atoms with Gasteiger partial charge in [0.2, 0.25) is 0 Å². The molecule has 0 bridgehead atoms. The molecule has 0 unspecified atom stereocenters. The topological polar surface area (TPSA) is 42.2 Å². The molecule has 4 nitrogen and oxygen atoms in total. The van der Waals surface area contributed by atoms with Crippen molar-refractivity contribution in [2.75, 3.05) is 17.6 Å². The molecule has 13 heavy (non-hydrogen) atoms. The molecule has 5 heteroatoms. The summed E-state index contributed by atoms with van der Waals surface area (Å²) < 4.78 is 1.80. The summed E-state index contributed by atoms with van der Waals surface area (Å²) in [5, 5.41) is 8.51. The van der Waals surface area contributed by atoms with Crippen molar-refractivity contribution in [3.63, 3.8) is 0 Å². The van der Waals surface area contributed by atoms with E-state index in [0.29, 0.717) is 0 Å². The number of aromatic nitrogens is 2. The Kier molecular flexibility index (Phi) is 2.26. The summed E-state index contributed by atoms with van der Waals surface area (Å²) in [6.45, 7) is 2.91. The molecule has 0 saturated carbocycles. The number of aryl methyl sites for hydroxylation is 2. The summed E-state index contributed by atoms with van der Waals surface area (Å²) in [6, 6.07) is 0. The van der Waals surface area contributed by atoms with E-state index in [2.05, 4.69) is 15.4 Å². The second-order valence-corrected chi connectivity index (χ2v) is 4.05. The molecule has 1 aliphatic heterocycles. The van der Waals surface area contributed by atoms with Crippen LogP contribution in [0.4, 0.5) is 5.69 Å².